The van der Waals surface area contributed by atoms with E-state index in [0.29, 0.717) is 31.9 Å². The first-order chi connectivity index (χ1) is 16.5. The van der Waals surface area contributed by atoms with Crippen molar-refractivity contribution in [3.8, 4) is 0 Å². The lowest BCUT2D eigenvalue weighted by atomic mass is 10.0. The van der Waals surface area contributed by atoms with Gasteiger partial charge >= 0.3 is 0 Å². The molecule has 1 fully saturated rings. The number of carbonyl (C=O) groups is 3. The largest absolute Gasteiger partial charge is 0.347 e. The van der Waals surface area contributed by atoms with E-state index in [1.807, 2.05) is 47.4 Å². The molecule has 1 aliphatic heterocycles. The minimum absolute atomic E-state index is 0.0470. The Labute approximate surface area is 197 Å². The first-order valence-electron chi connectivity index (χ1n) is 11.3. The Hall–Kier alpha value is -3.78. The number of benzene rings is 3. The molecule has 2 N–H and O–H groups in total. The molecule has 3 aromatic carbocycles. The lowest BCUT2D eigenvalue weighted by Crippen LogP contribution is -2.52. The zero-order chi connectivity index (χ0) is 23.9. The molecule has 0 radical (unpaired) electrons. The summed E-state index contributed by atoms with van der Waals surface area (Å²) >= 11 is 0. The summed E-state index contributed by atoms with van der Waals surface area (Å²) < 4.78 is 13.0. The Morgan fingerprint density at radius 1 is 0.824 bits per heavy atom. The number of carbonyl (C=O) groups excluding carboxylic acids is 3. The molecule has 1 heterocycles. The molecule has 0 aliphatic carbocycles. The smallest absolute Gasteiger partial charge is 0.242 e. The van der Waals surface area contributed by atoms with E-state index in [1.165, 1.54) is 24.3 Å². The maximum Gasteiger partial charge on any atom is 0.242 e. The van der Waals surface area contributed by atoms with Crippen LogP contribution < -0.4 is 10.6 Å². The molecular formula is C26H27FN4O3. The summed E-state index contributed by atoms with van der Waals surface area (Å²) in [4.78, 5) is 40.9. The highest BCUT2D eigenvalue weighted by atomic mass is 19.1. The van der Waals surface area contributed by atoms with E-state index in [0.717, 1.165) is 16.3 Å². The monoisotopic (exact) mass is 462 g/mol. The molecule has 7 nitrogen and oxygen atoms in total. The van der Waals surface area contributed by atoms with Gasteiger partial charge in [-0.1, -0.05) is 42.5 Å². The van der Waals surface area contributed by atoms with Crippen molar-refractivity contribution in [1.82, 2.24) is 15.1 Å². The van der Waals surface area contributed by atoms with E-state index in [9.17, 15) is 18.8 Å². The zero-order valence-corrected chi connectivity index (χ0v) is 18.8. The Balaban J connectivity index is 1.19. The third-order valence-corrected chi connectivity index (χ3v) is 5.89. The molecule has 0 spiro atoms. The Bertz CT molecular complexity index is 1170. The lowest BCUT2D eigenvalue weighted by Gasteiger charge is -2.34. The molecule has 0 saturated carbocycles. The summed E-state index contributed by atoms with van der Waals surface area (Å²) in [6.45, 7) is 2.25. The van der Waals surface area contributed by atoms with Crippen LogP contribution in [0.5, 0.6) is 0 Å². The SMILES string of the molecule is O=C(Cc1cccc2ccccc12)NCC(=O)N1CCN(CC(=O)Nc2ccc(F)cc2)CC1. The van der Waals surface area contributed by atoms with Crippen LogP contribution in [0.3, 0.4) is 0 Å². The van der Waals surface area contributed by atoms with Crippen LogP contribution in [0.4, 0.5) is 10.1 Å². The number of hydrogen-bond donors (Lipinski definition) is 2. The molecule has 34 heavy (non-hydrogen) atoms. The lowest BCUT2D eigenvalue weighted by molar-refractivity contribution is -0.134. The van der Waals surface area contributed by atoms with Crippen molar-refractivity contribution in [2.75, 3.05) is 44.6 Å². The number of fused-ring (bicyclic) bond motifs is 1. The molecule has 176 valence electrons. The van der Waals surface area contributed by atoms with Crippen LogP contribution in [0.1, 0.15) is 5.56 Å². The molecule has 1 saturated heterocycles. The standard InChI is InChI=1S/C26H27FN4O3/c27-21-8-10-22(11-9-21)29-25(33)18-30-12-14-31(15-13-30)26(34)17-28-24(32)16-20-6-3-5-19-4-1-2-7-23(19)20/h1-11H,12-18H2,(H,28,32)(H,29,33). The van der Waals surface area contributed by atoms with Gasteiger partial charge in [-0.15, -0.1) is 0 Å². The second kappa shape index (κ2) is 10.9. The van der Waals surface area contributed by atoms with Gasteiger partial charge in [0.25, 0.3) is 0 Å². The number of nitrogens with one attached hydrogen (secondary N) is 2. The van der Waals surface area contributed by atoms with Crippen LogP contribution in [0.15, 0.2) is 66.7 Å². The summed E-state index contributed by atoms with van der Waals surface area (Å²) in [6.07, 6.45) is 0.214. The van der Waals surface area contributed by atoms with Gasteiger partial charge in [0.05, 0.1) is 19.5 Å². The highest BCUT2D eigenvalue weighted by Gasteiger charge is 2.22. The summed E-state index contributed by atoms with van der Waals surface area (Å²) in [5.74, 6) is -0.877. The summed E-state index contributed by atoms with van der Waals surface area (Å²) in [5.41, 5.74) is 1.47. The van der Waals surface area contributed by atoms with Crippen molar-refractivity contribution in [2.24, 2.45) is 0 Å². The number of amides is 3. The van der Waals surface area contributed by atoms with Gasteiger partial charge in [-0.3, -0.25) is 19.3 Å². The van der Waals surface area contributed by atoms with Crippen molar-refractivity contribution in [1.29, 1.82) is 0 Å². The van der Waals surface area contributed by atoms with Crippen LogP contribution in [-0.4, -0.2) is 66.8 Å². The van der Waals surface area contributed by atoms with Gasteiger partial charge in [0, 0.05) is 31.9 Å². The van der Waals surface area contributed by atoms with E-state index in [2.05, 4.69) is 10.6 Å². The maximum absolute atomic E-state index is 13.0. The fourth-order valence-corrected chi connectivity index (χ4v) is 4.06. The number of rotatable bonds is 7. The molecule has 3 amide bonds. The number of nitrogens with zero attached hydrogens (tertiary/aromatic N) is 2. The molecule has 0 atom stereocenters. The van der Waals surface area contributed by atoms with E-state index in [4.69, 9.17) is 0 Å². The molecule has 0 aromatic heterocycles. The van der Waals surface area contributed by atoms with Gasteiger partial charge < -0.3 is 15.5 Å². The fourth-order valence-electron chi connectivity index (χ4n) is 4.06. The molecule has 0 unspecified atom stereocenters. The molecule has 3 aromatic rings. The number of halogens is 1. The second-order valence-corrected chi connectivity index (χ2v) is 8.30. The molecular weight excluding hydrogens is 435 g/mol. The normalized spacial score (nSPS) is 14.1. The zero-order valence-electron chi connectivity index (χ0n) is 18.8. The molecule has 8 heteroatoms. The quantitative estimate of drug-likeness (QED) is 0.565. The van der Waals surface area contributed by atoms with Crippen LogP contribution in [-0.2, 0) is 20.8 Å². The summed E-state index contributed by atoms with van der Waals surface area (Å²) in [7, 11) is 0. The summed E-state index contributed by atoms with van der Waals surface area (Å²) in [5, 5.41) is 7.58. The molecule has 0 bridgehead atoms. The second-order valence-electron chi connectivity index (χ2n) is 8.30. The van der Waals surface area contributed by atoms with E-state index in [-0.39, 0.29) is 43.0 Å². The van der Waals surface area contributed by atoms with E-state index in [1.54, 1.807) is 4.90 Å². The van der Waals surface area contributed by atoms with Gasteiger partial charge in [0.2, 0.25) is 17.7 Å². The third-order valence-electron chi connectivity index (χ3n) is 5.89. The van der Waals surface area contributed by atoms with Gasteiger partial charge in [0.15, 0.2) is 0 Å². The van der Waals surface area contributed by atoms with Gasteiger partial charge in [-0.2, -0.15) is 0 Å². The van der Waals surface area contributed by atoms with Crippen LogP contribution in [0.25, 0.3) is 10.8 Å². The molecule has 4 rings (SSSR count). The van der Waals surface area contributed by atoms with Crippen LogP contribution in [0.2, 0.25) is 0 Å². The highest BCUT2D eigenvalue weighted by Crippen LogP contribution is 2.18. The van der Waals surface area contributed by atoms with Crippen molar-refractivity contribution >= 4 is 34.2 Å². The average molecular weight is 463 g/mol. The van der Waals surface area contributed by atoms with Crippen molar-refractivity contribution < 1.29 is 18.8 Å². The van der Waals surface area contributed by atoms with E-state index >= 15 is 0 Å². The minimum atomic E-state index is -0.358. The first kappa shape index (κ1) is 23.4. The average Bonchev–Trinajstić information content (AvgIpc) is 2.85. The Morgan fingerprint density at radius 3 is 2.29 bits per heavy atom. The molecule has 1 aliphatic rings. The highest BCUT2D eigenvalue weighted by molar-refractivity contribution is 5.92. The number of anilines is 1. The van der Waals surface area contributed by atoms with Crippen molar-refractivity contribution in [3.63, 3.8) is 0 Å². The Kier molecular flexibility index (Phi) is 7.49. The number of hydrogen-bond acceptors (Lipinski definition) is 4. The first-order valence-corrected chi connectivity index (χ1v) is 11.3. The minimum Gasteiger partial charge on any atom is -0.347 e. The topological polar surface area (TPSA) is 81.8 Å². The maximum atomic E-state index is 13.0. The van der Waals surface area contributed by atoms with Gasteiger partial charge in [0.1, 0.15) is 5.82 Å². The van der Waals surface area contributed by atoms with Crippen molar-refractivity contribution in [3.05, 3.63) is 78.1 Å². The summed E-state index contributed by atoms with van der Waals surface area (Å²) in [6, 6.07) is 19.4. The van der Waals surface area contributed by atoms with Gasteiger partial charge in [-0.05, 0) is 40.6 Å². The van der Waals surface area contributed by atoms with Gasteiger partial charge in [-0.25, -0.2) is 4.39 Å². The van der Waals surface area contributed by atoms with E-state index < -0.39 is 0 Å². The van der Waals surface area contributed by atoms with Crippen LogP contribution >= 0.6 is 0 Å². The van der Waals surface area contributed by atoms with Crippen LogP contribution in [0, 0.1) is 5.82 Å². The predicted molar refractivity (Wildman–Crippen MR) is 129 cm³/mol. The predicted octanol–water partition coefficient (Wildman–Crippen LogP) is 2.42. The number of piperazine rings is 1. The Morgan fingerprint density at radius 2 is 1.53 bits per heavy atom. The third kappa shape index (κ3) is 6.17. The fraction of sp³-hybridized carbons (Fsp3) is 0.269. The van der Waals surface area contributed by atoms with Crippen molar-refractivity contribution in [2.45, 2.75) is 6.42 Å².